The van der Waals surface area contributed by atoms with Gasteiger partial charge in [0.2, 0.25) is 0 Å². The van der Waals surface area contributed by atoms with Gasteiger partial charge < -0.3 is 0 Å². The molecule has 1 heteroatoms. The molecule has 1 nitrogen and oxygen atoms in total. The minimum atomic E-state index is -0.0250. The molecule has 0 fully saturated rings. The molecule has 0 aromatic rings. The summed E-state index contributed by atoms with van der Waals surface area (Å²) in [5, 5.41) is 0. The summed E-state index contributed by atoms with van der Waals surface area (Å²) in [6, 6.07) is 0. The summed E-state index contributed by atoms with van der Waals surface area (Å²) < 4.78 is 0. The van der Waals surface area contributed by atoms with Gasteiger partial charge in [-0.1, -0.05) is 6.58 Å². The van der Waals surface area contributed by atoms with Gasteiger partial charge in [-0.25, -0.2) is 0 Å². The number of carbonyl (C=O) groups is 1. The van der Waals surface area contributed by atoms with Gasteiger partial charge in [0.25, 0.3) is 0 Å². The molecule has 0 heterocycles. The molecule has 0 saturated heterocycles. The van der Waals surface area contributed by atoms with Crippen LogP contribution in [0.2, 0.25) is 0 Å². The van der Waals surface area contributed by atoms with Gasteiger partial charge in [-0.2, -0.15) is 0 Å². The van der Waals surface area contributed by atoms with Crippen LogP contribution in [0.25, 0.3) is 0 Å². The lowest BCUT2D eigenvalue weighted by Crippen LogP contribution is -1.91. The van der Waals surface area contributed by atoms with Crippen LogP contribution in [0.5, 0.6) is 0 Å². The summed E-state index contributed by atoms with van der Waals surface area (Å²) in [6.07, 6.45) is 5.27. The van der Waals surface area contributed by atoms with Gasteiger partial charge in [-0.05, 0) is 12.5 Å². The highest BCUT2D eigenvalue weighted by Gasteiger charge is 1.94. The van der Waals surface area contributed by atoms with Crippen molar-refractivity contribution in [3.8, 4) is 12.3 Å². The minimum absolute atomic E-state index is 0.0250. The van der Waals surface area contributed by atoms with Crippen LogP contribution in [-0.2, 0) is 4.79 Å². The maximum Gasteiger partial charge on any atom is 0.156 e. The van der Waals surface area contributed by atoms with Crippen LogP contribution in [0.4, 0.5) is 0 Å². The Labute approximate surface area is 49.4 Å². The van der Waals surface area contributed by atoms with E-state index in [0.717, 1.165) is 0 Å². The van der Waals surface area contributed by atoms with Crippen LogP contribution in [0, 0.1) is 12.3 Å². The zero-order valence-corrected chi connectivity index (χ0v) is 4.90. The van der Waals surface area contributed by atoms with Crippen LogP contribution < -0.4 is 0 Å². The third-order valence-corrected chi connectivity index (χ3v) is 0.813. The summed E-state index contributed by atoms with van der Waals surface area (Å²) in [4.78, 5) is 10.3. The second-order valence-electron chi connectivity index (χ2n) is 1.54. The maximum absolute atomic E-state index is 10.3. The van der Waals surface area contributed by atoms with Crippen LogP contribution in [0.1, 0.15) is 13.3 Å². The number of terminal acetylenes is 1. The molecular weight excluding hydrogens is 100 g/mol. The summed E-state index contributed by atoms with van der Waals surface area (Å²) in [5.41, 5.74) is 0.507. The van der Waals surface area contributed by atoms with Crippen molar-refractivity contribution in [3.05, 3.63) is 12.2 Å². The quantitative estimate of drug-likeness (QED) is 0.383. The SMILES string of the molecule is C#CCC(=C)C(C)=O. The zero-order chi connectivity index (χ0) is 6.57. The van der Waals surface area contributed by atoms with Crippen LogP contribution in [0.3, 0.4) is 0 Å². The second-order valence-corrected chi connectivity index (χ2v) is 1.54. The van der Waals surface area contributed by atoms with E-state index in [1.807, 2.05) is 0 Å². The molecule has 0 bridgehead atoms. The molecule has 0 radical (unpaired) electrons. The molecule has 0 rings (SSSR count). The first-order valence-corrected chi connectivity index (χ1v) is 2.30. The van der Waals surface area contributed by atoms with Crippen molar-refractivity contribution in [1.29, 1.82) is 0 Å². The van der Waals surface area contributed by atoms with E-state index in [0.29, 0.717) is 12.0 Å². The van der Waals surface area contributed by atoms with Crippen LogP contribution in [0.15, 0.2) is 12.2 Å². The topological polar surface area (TPSA) is 17.1 Å². The van der Waals surface area contributed by atoms with Gasteiger partial charge in [0.15, 0.2) is 5.78 Å². The van der Waals surface area contributed by atoms with E-state index >= 15 is 0 Å². The van der Waals surface area contributed by atoms with Crippen LogP contribution >= 0.6 is 0 Å². The van der Waals surface area contributed by atoms with Crippen LogP contribution in [-0.4, -0.2) is 5.78 Å². The van der Waals surface area contributed by atoms with Gasteiger partial charge in [-0.15, -0.1) is 12.3 Å². The first kappa shape index (κ1) is 6.97. The van der Waals surface area contributed by atoms with Crippen molar-refractivity contribution in [2.75, 3.05) is 0 Å². The number of allylic oxidation sites excluding steroid dienone is 1. The fourth-order valence-corrected chi connectivity index (χ4v) is 0.248. The predicted molar refractivity (Wildman–Crippen MR) is 33.3 cm³/mol. The highest BCUT2D eigenvalue weighted by molar-refractivity contribution is 5.92. The fourth-order valence-electron chi connectivity index (χ4n) is 0.248. The summed E-state index contributed by atoms with van der Waals surface area (Å²) in [6.45, 7) is 4.91. The molecule has 0 aliphatic carbocycles. The number of rotatable bonds is 2. The number of hydrogen-bond acceptors (Lipinski definition) is 1. The molecule has 0 unspecified atom stereocenters. The third-order valence-electron chi connectivity index (χ3n) is 0.813. The van der Waals surface area contributed by atoms with E-state index in [-0.39, 0.29) is 5.78 Å². The van der Waals surface area contributed by atoms with Crippen molar-refractivity contribution < 1.29 is 4.79 Å². The first-order chi connectivity index (χ1) is 3.68. The number of Topliss-reactive ketones (excluding diaryl/α,β-unsaturated/α-hetero) is 1. The Hall–Kier alpha value is -1.03. The van der Waals surface area contributed by atoms with E-state index in [1.54, 1.807) is 0 Å². The molecule has 0 saturated carbocycles. The smallest absolute Gasteiger partial charge is 0.156 e. The van der Waals surface area contributed by atoms with Crippen molar-refractivity contribution >= 4 is 5.78 Å². The maximum atomic E-state index is 10.3. The van der Waals surface area contributed by atoms with E-state index in [1.165, 1.54) is 6.92 Å². The third kappa shape index (κ3) is 2.20. The van der Waals surface area contributed by atoms with Gasteiger partial charge in [-0.3, -0.25) is 4.79 Å². The molecule has 42 valence electrons. The highest BCUT2D eigenvalue weighted by Crippen LogP contribution is 1.95. The van der Waals surface area contributed by atoms with Crippen molar-refractivity contribution in [2.24, 2.45) is 0 Å². The number of ketones is 1. The summed E-state index contributed by atoms with van der Waals surface area (Å²) in [5.74, 6) is 2.30. The second kappa shape index (κ2) is 3.04. The Morgan fingerprint density at radius 1 is 1.88 bits per heavy atom. The highest BCUT2D eigenvalue weighted by atomic mass is 16.1. The lowest BCUT2D eigenvalue weighted by atomic mass is 10.1. The summed E-state index contributed by atoms with van der Waals surface area (Å²) in [7, 11) is 0. The average molecular weight is 108 g/mol. The monoisotopic (exact) mass is 108 g/mol. The Morgan fingerprint density at radius 3 is 2.50 bits per heavy atom. The first-order valence-electron chi connectivity index (χ1n) is 2.30. The van der Waals surface area contributed by atoms with E-state index in [2.05, 4.69) is 12.5 Å². The van der Waals surface area contributed by atoms with Crippen molar-refractivity contribution in [1.82, 2.24) is 0 Å². The Kier molecular flexibility index (Phi) is 2.64. The molecule has 0 spiro atoms. The number of carbonyl (C=O) groups excluding carboxylic acids is 1. The Morgan fingerprint density at radius 2 is 2.38 bits per heavy atom. The molecular formula is C7H8O. The predicted octanol–water partition coefficient (Wildman–Crippen LogP) is 1.15. The van der Waals surface area contributed by atoms with E-state index in [4.69, 9.17) is 6.42 Å². The van der Waals surface area contributed by atoms with Crippen molar-refractivity contribution in [2.45, 2.75) is 13.3 Å². The molecule has 0 aromatic heterocycles. The van der Waals surface area contributed by atoms with Gasteiger partial charge in [0.1, 0.15) is 0 Å². The van der Waals surface area contributed by atoms with Gasteiger partial charge in [0.05, 0.1) is 0 Å². The largest absolute Gasteiger partial charge is 0.295 e. The Bertz CT molecular complexity index is 148. The molecule has 0 aliphatic heterocycles. The molecule has 0 aliphatic rings. The zero-order valence-electron chi connectivity index (χ0n) is 4.90. The standard InChI is InChI=1S/C7H8O/c1-4-5-6(2)7(3)8/h1H,2,5H2,3H3. The lowest BCUT2D eigenvalue weighted by molar-refractivity contribution is -0.113. The number of hydrogen-bond donors (Lipinski definition) is 0. The molecule has 8 heavy (non-hydrogen) atoms. The van der Waals surface area contributed by atoms with Crippen molar-refractivity contribution in [3.63, 3.8) is 0 Å². The van der Waals surface area contributed by atoms with Gasteiger partial charge >= 0.3 is 0 Å². The average Bonchev–Trinajstić information content (AvgIpc) is 1.67. The van der Waals surface area contributed by atoms with Gasteiger partial charge in [0, 0.05) is 6.42 Å². The lowest BCUT2D eigenvalue weighted by Gasteiger charge is -1.89. The van der Waals surface area contributed by atoms with E-state index in [9.17, 15) is 4.79 Å². The minimum Gasteiger partial charge on any atom is -0.295 e. The molecule has 0 atom stereocenters. The summed E-state index contributed by atoms with van der Waals surface area (Å²) >= 11 is 0. The molecule has 0 amide bonds. The van der Waals surface area contributed by atoms with E-state index < -0.39 is 0 Å². The normalized spacial score (nSPS) is 7.50. The Balaban J connectivity index is 3.71. The fraction of sp³-hybridized carbons (Fsp3) is 0.286. The molecule has 0 N–H and O–H groups in total. The molecule has 0 aromatic carbocycles.